The molecule has 0 aliphatic carbocycles. The maximum atomic E-state index is 12.8. The Balaban J connectivity index is 1.79. The summed E-state index contributed by atoms with van der Waals surface area (Å²) in [6.07, 6.45) is 1.80. The summed E-state index contributed by atoms with van der Waals surface area (Å²) in [5.41, 5.74) is 3.13. The molecule has 1 aliphatic heterocycles. The van der Waals surface area contributed by atoms with E-state index in [4.69, 9.17) is 0 Å². The number of anilines is 2. The highest BCUT2D eigenvalue weighted by Crippen LogP contribution is 2.30. The topological polar surface area (TPSA) is 61.4 Å². The molecule has 0 spiro atoms. The van der Waals surface area contributed by atoms with Crippen molar-refractivity contribution in [1.82, 2.24) is 5.32 Å². The molecule has 136 valence electrons. The van der Waals surface area contributed by atoms with Crippen LogP contribution in [0.25, 0.3) is 0 Å². The van der Waals surface area contributed by atoms with Crippen LogP contribution in [0.1, 0.15) is 43.1 Å². The Labute approximate surface area is 154 Å². The Kier molecular flexibility index (Phi) is 4.98. The molecule has 5 heteroatoms. The standard InChI is InChI=1S/C21H25N3O2/c1-21(2,3)23-20(26)22-17-11-12-18-16(14-17)10-7-13-24(18)19(25)15-8-5-4-6-9-15/h4-6,8-9,11-12,14H,7,10,13H2,1-3H3,(H2,22,23,26). The number of carbonyl (C=O) groups is 2. The molecule has 0 atom stereocenters. The second-order valence-corrected chi connectivity index (χ2v) is 7.60. The number of fused-ring (bicyclic) bond motifs is 1. The van der Waals surface area contributed by atoms with Gasteiger partial charge in [-0.25, -0.2) is 4.79 Å². The molecule has 2 aromatic carbocycles. The van der Waals surface area contributed by atoms with Gasteiger partial charge in [0.1, 0.15) is 0 Å². The van der Waals surface area contributed by atoms with E-state index < -0.39 is 0 Å². The third-order valence-corrected chi connectivity index (χ3v) is 4.21. The van der Waals surface area contributed by atoms with Crippen LogP contribution in [0.5, 0.6) is 0 Å². The van der Waals surface area contributed by atoms with Gasteiger partial charge < -0.3 is 15.5 Å². The SMILES string of the molecule is CC(C)(C)NC(=O)Nc1ccc2c(c1)CCCN2C(=O)c1ccccc1. The minimum Gasteiger partial charge on any atom is -0.333 e. The van der Waals surface area contributed by atoms with Gasteiger partial charge in [0.25, 0.3) is 5.91 Å². The molecule has 26 heavy (non-hydrogen) atoms. The monoisotopic (exact) mass is 351 g/mol. The van der Waals surface area contributed by atoms with Crippen LogP contribution >= 0.6 is 0 Å². The van der Waals surface area contributed by atoms with Crippen LogP contribution in [0.15, 0.2) is 48.5 Å². The second kappa shape index (κ2) is 7.20. The van der Waals surface area contributed by atoms with E-state index in [0.717, 1.165) is 29.8 Å². The minimum atomic E-state index is -0.294. The summed E-state index contributed by atoms with van der Waals surface area (Å²) in [5.74, 6) is 0.0118. The number of amides is 3. The first-order valence-corrected chi connectivity index (χ1v) is 8.92. The van der Waals surface area contributed by atoms with Crippen LogP contribution in [0, 0.1) is 0 Å². The number of urea groups is 1. The van der Waals surface area contributed by atoms with Crippen molar-refractivity contribution < 1.29 is 9.59 Å². The summed E-state index contributed by atoms with van der Waals surface area (Å²) < 4.78 is 0. The third-order valence-electron chi connectivity index (χ3n) is 4.21. The summed E-state index contributed by atoms with van der Waals surface area (Å²) in [4.78, 5) is 26.7. The first kappa shape index (κ1) is 18.0. The number of hydrogen-bond donors (Lipinski definition) is 2. The number of carbonyl (C=O) groups excluding carboxylic acids is 2. The fraction of sp³-hybridized carbons (Fsp3) is 0.333. The number of benzene rings is 2. The molecular weight excluding hydrogens is 326 g/mol. The van der Waals surface area contributed by atoms with Crippen molar-refractivity contribution in [2.75, 3.05) is 16.8 Å². The molecule has 0 saturated heterocycles. The van der Waals surface area contributed by atoms with Crippen molar-refractivity contribution in [1.29, 1.82) is 0 Å². The summed E-state index contributed by atoms with van der Waals surface area (Å²) >= 11 is 0. The Morgan fingerprint density at radius 1 is 1.04 bits per heavy atom. The first-order valence-electron chi connectivity index (χ1n) is 8.92. The van der Waals surface area contributed by atoms with E-state index >= 15 is 0 Å². The number of nitrogens with zero attached hydrogens (tertiary/aromatic N) is 1. The number of rotatable bonds is 2. The first-order chi connectivity index (χ1) is 12.3. The quantitative estimate of drug-likeness (QED) is 0.852. The zero-order valence-corrected chi connectivity index (χ0v) is 15.5. The second-order valence-electron chi connectivity index (χ2n) is 7.60. The zero-order chi connectivity index (χ0) is 18.7. The van der Waals surface area contributed by atoms with Gasteiger partial charge in [-0.05, 0) is 69.5 Å². The van der Waals surface area contributed by atoms with Gasteiger partial charge in [0, 0.05) is 29.0 Å². The molecule has 2 N–H and O–H groups in total. The Morgan fingerprint density at radius 2 is 1.77 bits per heavy atom. The van der Waals surface area contributed by atoms with Crippen LogP contribution in [-0.4, -0.2) is 24.0 Å². The number of aryl methyl sites for hydroxylation is 1. The Morgan fingerprint density at radius 3 is 2.46 bits per heavy atom. The Hall–Kier alpha value is -2.82. The smallest absolute Gasteiger partial charge is 0.319 e. The lowest BCUT2D eigenvalue weighted by Crippen LogP contribution is -2.43. The predicted octanol–water partition coefficient (Wildman–Crippen LogP) is 4.20. The van der Waals surface area contributed by atoms with Crippen LogP contribution in [0.3, 0.4) is 0 Å². The van der Waals surface area contributed by atoms with E-state index in [9.17, 15) is 9.59 Å². The fourth-order valence-corrected chi connectivity index (χ4v) is 3.13. The van der Waals surface area contributed by atoms with E-state index in [1.165, 1.54) is 0 Å². The summed E-state index contributed by atoms with van der Waals surface area (Å²) in [6, 6.07) is 14.8. The minimum absolute atomic E-state index is 0.0118. The maximum absolute atomic E-state index is 12.8. The van der Waals surface area contributed by atoms with Gasteiger partial charge in [0.15, 0.2) is 0 Å². The molecule has 0 aromatic heterocycles. The summed E-state index contributed by atoms with van der Waals surface area (Å²) in [6.45, 7) is 6.52. The Bertz CT molecular complexity index is 810. The average molecular weight is 351 g/mol. The highest BCUT2D eigenvalue weighted by Gasteiger charge is 2.24. The van der Waals surface area contributed by atoms with Gasteiger partial charge in [-0.2, -0.15) is 0 Å². The number of hydrogen-bond acceptors (Lipinski definition) is 2. The number of nitrogens with one attached hydrogen (secondary N) is 2. The van der Waals surface area contributed by atoms with Crippen molar-refractivity contribution in [3.63, 3.8) is 0 Å². The van der Waals surface area contributed by atoms with E-state index in [-0.39, 0.29) is 17.5 Å². The molecule has 0 saturated carbocycles. The molecule has 1 heterocycles. The van der Waals surface area contributed by atoms with Gasteiger partial charge in [-0.1, -0.05) is 18.2 Å². The lowest BCUT2D eigenvalue weighted by atomic mass is 10.00. The van der Waals surface area contributed by atoms with E-state index in [0.29, 0.717) is 12.1 Å². The molecule has 2 aromatic rings. The van der Waals surface area contributed by atoms with E-state index in [1.54, 1.807) is 0 Å². The fourth-order valence-electron chi connectivity index (χ4n) is 3.13. The predicted molar refractivity (Wildman–Crippen MR) is 105 cm³/mol. The van der Waals surface area contributed by atoms with Crippen molar-refractivity contribution in [3.05, 3.63) is 59.7 Å². The molecule has 0 fully saturated rings. The normalized spacial score (nSPS) is 13.7. The van der Waals surface area contributed by atoms with Crippen LogP contribution in [-0.2, 0) is 6.42 Å². The zero-order valence-electron chi connectivity index (χ0n) is 15.5. The van der Waals surface area contributed by atoms with Gasteiger partial charge in [-0.15, -0.1) is 0 Å². The van der Waals surface area contributed by atoms with Crippen molar-refractivity contribution in [2.45, 2.75) is 39.2 Å². The van der Waals surface area contributed by atoms with Gasteiger partial charge in [0.2, 0.25) is 0 Å². The van der Waals surface area contributed by atoms with Crippen molar-refractivity contribution in [2.24, 2.45) is 0 Å². The van der Waals surface area contributed by atoms with Crippen molar-refractivity contribution >= 4 is 23.3 Å². The van der Waals surface area contributed by atoms with Gasteiger partial charge in [0.05, 0.1) is 0 Å². The van der Waals surface area contributed by atoms with Crippen molar-refractivity contribution in [3.8, 4) is 0 Å². The molecule has 0 radical (unpaired) electrons. The molecule has 0 unspecified atom stereocenters. The van der Waals surface area contributed by atoms with Crippen LogP contribution in [0.2, 0.25) is 0 Å². The summed E-state index contributed by atoms with van der Waals surface area (Å²) in [5, 5.41) is 5.75. The van der Waals surface area contributed by atoms with Gasteiger partial charge in [-0.3, -0.25) is 4.79 Å². The lowest BCUT2D eigenvalue weighted by Gasteiger charge is -2.30. The average Bonchev–Trinajstić information content (AvgIpc) is 2.59. The molecule has 1 aliphatic rings. The molecule has 5 nitrogen and oxygen atoms in total. The lowest BCUT2D eigenvalue weighted by molar-refractivity contribution is 0.0985. The van der Waals surface area contributed by atoms with Crippen LogP contribution < -0.4 is 15.5 Å². The van der Waals surface area contributed by atoms with E-state index in [2.05, 4.69) is 10.6 Å². The molecule has 3 amide bonds. The molecular formula is C21H25N3O2. The van der Waals surface area contributed by atoms with Gasteiger partial charge >= 0.3 is 6.03 Å². The maximum Gasteiger partial charge on any atom is 0.319 e. The molecule has 0 bridgehead atoms. The highest BCUT2D eigenvalue weighted by atomic mass is 16.2. The largest absolute Gasteiger partial charge is 0.333 e. The van der Waals surface area contributed by atoms with E-state index in [1.807, 2.05) is 74.2 Å². The molecule has 3 rings (SSSR count). The van der Waals surface area contributed by atoms with Crippen LogP contribution in [0.4, 0.5) is 16.2 Å². The third kappa shape index (κ3) is 4.23. The summed E-state index contributed by atoms with van der Waals surface area (Å²) in [7, 11) is 0. The highest BCUT2D eigenvalue weighted by molar-refractivity contribution is 6.07.